The van der Waals surface area contributed by atoms with E-state index in [2.05, 4.69) is 31.0 Å². The molecule has 0 atom stereocenters. The lowest BCUT2D eigenvalue weighted by atomic mass is 10.2. The van der Waals surface area contributed by atoms with E-state index < -0.39 is 0 Å². The molecular weight excluding hydrogens is 472 g/mol. The molecule has 8 heteroatoms. The molecule has 1 fully saturated rings. The van der Waals surface area contributed by atoms with E-state index in [1.54, 1.807) is 12.1 Å². The van der Waals surface area contributed by atoms with Crippen LogP contribution in [0.4, 0.5) is 5.69 Å². The standard InChI is InChI=1S/C19H19BrCl3N3O/c20-13-4-5-18(17(23)10-13)24-19(27)12-26-8-6-25(7-9-26)11-14-15(21)2-1-3-16(14)22/h1-5,10H,6-9,11-12H2,(H,24,27). The van der Waals surface area contributed by atoms with Crippen LogP contribution < -0.4 is 5.32 Å². The molecule has 2 aromatic carbocycles. The van der Waals surface area contributed by atoms with Crippen LogP contribution in [0, 0.1) is 0 Å². The Labute approximate surface area is 182 Å². The minimum Gasteiger partial charge on any atom is -0.324 e. The number of halogens is 4. The molecular formula is C19H19BrCl3N3O. The van der Waals surface area contributed by atoms with E-state index >= 15 is 0 Å². The largest absolute Gasteiger partial charge is 0.324 e. The molecule has 0 aromatic heterocycles. The highest BCUT2D eigenvalue weighted by Gasteiger charge is 2.20. The molecule has 1 saturated heterocycles. The van der Waals surface area contributed by atoms with Gasteiger partial charge in [-0.25, -0.2) is 0 Å². The zero-order valence-electron chi connectivity index (χ0n) is 14.5. The highest BCUT2D eigenvalue weighted by atomic mass is 79.9. The fourth-order valence-corrected chi connectivity index (χ4v) is 4.23. The lowest BCUT2D eigenvalue weighted by Crippen LogP contribution is -2.48. The summed E-state index contributed by atoms with van der Waals surface area (Å²) in [4.78, 5) is 16.7. The molecule has 0 spiro atoms. The zero-order valence-corrected chi connectivity index (χ0v) is 18.4. The Balaban J connectivity index is 1.48. The lowest BCUT2D eigenvalue weighted by Gasteiger charge is -2.34. The number of hydrogen-bond acceptors (Lipinski definition) is 3. The average Bonchev–Trinajstić information content (AvgIpc) is 2.62. The first kappa shape index (κ1) is 20.9. The maximum absolute atomic E-state index is 12.3. The summed E-state index contributed by atoms with van der Waals surface area (Å²) in [6, 6.07) is 11.0. The molecule has 2 aromatic rings. The van der Waals surface area contributed by atoms with Crippen molar-refractivity contribution in [1.29, 1.82) is 0 Å². The number of rotatable bonds is 5. The van der Waals surface area contributed by atoms with Crippen molar-refractivity contribution in [1.82, 2.24) is 9.80 Å². The van der Waals surface area contributed by atoms with Crippen molar-refractivity contribution >= 4 is 62.3 Å². The first-order chi connectivity index (χ1) is 12.9. The summed E-state index contributed by atoms with van der Waals surface area (Å²) in [5.74, 6) is -0.0678. The smallest absolute Gasteiger partial charge is 0.238 e. The molecule has 4 nitrogen and oxygen atoms in total. The van der Waals surface area contributed by atoms with Crippen molar-refractivity contribution in [2.75, 3.05) is 38.0 Å². The molecule has 27 heavy (non-hydrogen) atoms. The van der Waals surface area contributed by atoms with Crippen LogP contribution in [-0.2, 0) is 11.3 Å². The van der Waals surface area contributed by atoms with Gasteiger partial charge in [0.15, 0.2) is 0 Å². The van der Waals surface area contributed by atoms with Crippen molar-refractivity contribution in [2.45, 2.75) is 6.54 Å². The average molecular weight is 492 g/mol. The van der Waals surface area contributed by atoms with Gasteiger partial charge in [-0.1, -0.05) is 56.8 Å². The predicted octanol–water partition coefficient (Wildman–Crippen LogP) is 5.17. The molecule has 0 radical (unpaired) electrons. The monoisotopic (exact) mass is 489 g/mol. The SMILES string of the molecule is O=C(CN1CCN(Cc2c(Cl)cccc2Cl)CC1)Nc1ccc(Br)cc1Cl. The molecule has 1 aliphatic heterocycles. The van der Waals surface area contributed by atoms with Crippen molar-refractivity contribution in [2.24, 2.45) is 0 Å². The molecule has 1 heterocycles. The Morgan fingerprint density at radius 1 is 0.963 bits per heavy atom. The van der Waals surface area contributed by atoms with Crippen molar-refractivity contribution in [3.63, 3.8) is 0 Å². The van der Waals surface area contributed by atoms with Crippen LogP contribution in [-0.4, -0.2) is 48.4 Å². The summed E-state index contributed by atoms with van der Waals surface area (Å²) in [7, 11) is 0. The molecule has 1 aliphatic rings. The van der Waals surface area contributed by atoms with Crippen molar-refractivity contribution in [3.8, 4) is 0 Å². The molecule has 0 aliphatic carbocycles. The summed E-state index contributed by atoms with van der Waals surface area (Å²) in [5, 5.41) is 4.76. The summed E-state index contributed by atoms with van der Waals surface area (Å²) < 4.78 is 0.875. The summed E-state index contributed by atoms with van der Waals surface area (Å²) in [5.41, 5.74) is 1.58. The van der Waals surface area contributed by atoms with Crippen LogP contribution in [0.15, 0.2) is 40.9 Å². The second kappa shape index (κ2) is 9.59. The Bertz CT molecular complexity index is 806. The highest BCUT2D eigenvalue weighted by Crippen LogP contribution is 2.27. The van der Waals surface area contributed by atoms with E-state index in [1.807, 2.05) is 24.3 Å². The number of amides is 1. The third-order valence-electron chi connectivity index (χ3n) is 4.48. The van der Waals surface area contributed by atoms with Gasteiger partial charge in [-0.05, 0) is 30.3 Å². The van der Waals surface area contributed by atoms with Gasteiger partial charge >= 0.3 is 0 Å². The number of piperazine rings is 1. The maximum Gasteiger partial charge on any atom is 0.238 e. The first-order valence-corrected chi connectivity index (χ1v) is 10.5. The second-order valence-electron chi connectivity index (χ2n) is 6.42. The third kappa shape index (κ3) is 5.83. The van der Waals surface area contributed by atoms with Gasteiger partial charge in [0.1, 0.15) is 0 Å². The number of benzene rings is 2. The molecule has 0 bridgehead atoms. The van der Waals surface area contributed by atoms with Crippen LogP contribution in [0.2, 0.25) is 15.1 Å². The first-order valence-electron chi connectivity index (χ1n) is 8.55. The molecule has 0 saturated carbocycles. The molecule has 144 valence electrons. The summed E-state index contributed by atoms with van der Waals surface area (Å²) in [6.45, 7) is 4.38. The second-order valence-corrected chi connectivity index (χ2v) is 8.56. The van der Waals surface area contributed by atoms with E-state index in [9.17, 15) is 4.79 Å². The quantitative estimate of drug-likeness (QED) is 0.627. The van der Waals surface area contributed by atoms with Crippen LogP contribution in [0.1, 0.15) is 5.56 Å². The minimum atomic E-state index is -0.0678. The van der Waals surface area contributed by atoms with Gasteiger partial charge in [0, 0.05) is 52.8 Å². The van der Waals surface area contributed by atoms with Gasteiger partial charge in [0.05, 0.1) is 17.3 Å². The Hall–Kier alpha value is -0.820. The Morgan fingerprint density at radius 3 is 2.22 bits per heavy atom. The van der Waals surface area contributed by atoms with Gasteiger partial charge < -0.3 is 5.32 Å². The number of carbonyl (C=O) groups excluding carboxylic acids is 1. The normalized spacial score (nSPS) is 15.7. The Kier molecular flexibility index (Phi) is 7.42. The topological polar surface area (TPSA) is 35.6 Å². The number of nitrogens with zero attached hydrogens (tertiary/aromatic N) is 2. The van der Waals surface area contributed by atoms with Crippen LogP contribution in [0.25, 0.3) is 0 Å². The van der Waals surface area contributed by atoms with E-state index in [1.165, 1.54) is 0 Å². The van der Waals surface area contributed by atoms with Crippen LogP contribution >= 0.6 is 50.7 Å². The van der Waals surface area contributed by atoms with Crippen LogP contribution in [0.3, 0.4) is 0 Å². The predicted molar refractivity (Wildman–Crippen MR) is 116 cm³/mol. The van der Waals surface area contributed by atoms with E-state index in [0.717, 1.165) is 36.2 Å². The summed E-state index contributed by atoms with van der Waals surface area (Å²) in [6.07, 6.45) is 0. The highest BCUT2D eigenvalue weighted by molar-refractivity contribution is 9.10. The molecule has 3 rings (SSSR count). The maximum atomic E-state index is 12.3. The number of nitrogens with one attached hydrogen (secondary N) is 1. The minimum absolute atomic E-state index is 0.0678. The fraction of sp³-hybridized carbons (Fsp3) is 0.316. The third-order valence-corrected chi connectivity index (χ3v) is 5.99. The van der Waals surface area contributed by atoms with Crippen molar-refractivity contribution in [3.05, 3.63) is 61.5 Å². The fourth-order valence-electron chi connectivity index (χ4n) is 3.00. The van der Waals surface area contributed by atoms with E-state index in [-0.39, 0.29) is 5.91 Å². The van der Waals surface area contributed by atoms with Gasteiger partial charge in [0.2, 0.25) is 5.91 Å². The Morgan fingerprint density at radius 2 is 1.59 bits per heavy atom. The van der Waals surface area contributed by atoms with E-state index in [0.29, 0.717) is 33.8 Å². The number of anilines is 1. The number of hydrogen-bond donors (Lipinski definition) is 1. The molecule has 0 unspecified atom stereocenters. The molecule has 1 amide bonds. The van der Waals surface area contributed by atoms with Gasteiger partial charge in [0.25, 0.3) is 0 Å². The summed E-state index contributed by atoms with van der Waals surface area (Å²) >= 11 is 22.0. The number of carbonyl (C=O) groups is 1. The lowest BCUT2D eigenvalue weighted by molar-refractivity contribution is -0.117. The van der Waals surface area contributed by atoms with Gasteiger partial charge in [-0.15, -0.1) is 0 Å². The van der Waals surface area contributed by atoms with Crippen molar-refractivity contribution < 1.29 is 4.79 Å². The zero-order chi connectivity index (χ0) is 19.4. The van der Waals surface area contributed by atoms with E-state index in [4.69, 9.17) is 34.8 Å². The van der Waals surface area contributed by atoms with Gasteiger partial charge in [-0.2, -0.15) is 0 Å². The van der Waals surface area contributed by atoms with Crippen LogP contribution in [0.5, 0.6) is 0 Å². The van der Waals surface area contributed by atoms with Gasteiger partial charge in [-0.3, -0.25) is 14.6 Å². The molecule has 1 N–H and O–H groups in total.